The van der Waals surface area contributed by atoms with Gasteiger partial charge in [-0.15, -0.1) is 11.3 Å². The third-order valence-corrected chi connectivity index (χ3v) is 12.4. The van der Waals surface area contributed by atoms with Crippen molar-refractivity contribution in [2.75, 3.05) is 0 Å². The minimum atomic E-state index is -0.253. The summed E-state index contributed by atoms with van der Waals surface area (Å²) in [5.41, 5.74) is 10.7. The van der Waals surface area contributed by atoms with Gasteiger partial charge < -0.3 is 14.3 Å². The topological polar surface area (TPSA) is 54.8 Å². The average molecular weight is 749 g/mol. The van der Waals surface area contributed by atoms with Crippen molar-refractivity contribution in [1.29, 1.82) is 0 Å². The third-order valence-electron chi connectivity index (χ3n) is 11.3. The standard InChI is InChI=1S/C51H32N4OS/c1-3-11-31(12-4-1)49-52-50(32-13-5-2-6-14-32)54-51(53-49)33-19-23-36(24-20-33)55-42-17-9-7-15-37(42)39-25-28-46-47(48(39)55)41-30-35(22-27-45(41)57-46)34-21-26-44-40(29-34)38-16-8-10-18-43(38)56-44/h1-30,49H,(H,52,53,54). The van der Waals surface area contributed by atoms with Gasteiger partial charge in [-0.25, -0.2) is 9.98 Å². The molecule has 8 aromatic carbocycles. The van der Waals surface area contributed by atoms with E-state index in [4.69, 9.17) is 14.4 Å². The molecule has 12 rings (SSSR count). The highest BCUT2D eigenvalue weighted by Gasteiger charge is 2.22. The third kappa shape index (κ3) is 5.15. The maximum absolute atomic E-state index is 6.16. The van der Waals surface area contributed by atoms with E-state index in [9.17, 15) is 0 Å². The van der Waals surface area contributed by atoms with Crippen LogP contribution in [0.15, 0.2) is 196 Å². The number of benzene rings is 8. The largest absolute Gasteiger partial charge is 0.456 e. The molecule has 0 amide bonds. The number of hydrogen-bond donors (Lipinski definition) is 1. The first-order valence-electron chi connectivity index (χ1n) is 19.2. The summed E-state index contributed by atoms with van der Waals surface area (Å²) < 4.78 is 11.1. The van der Waals surface area contributed by atoms with Gasteiger partial charge in [0.25, 0.3) is 0 Å². The van der Waals surface area contributed by atoms with Crippen molar-refractivity contribution < 1.29 is 4.42 Å². The van der Waals surface area contributed by atoms with Crippen molar-refractivity contribution in [3.63, 3.8) is 0 Å². The number of aromatic nitrogens is 1. The van der Waals surface area contributed by atoms with E-state index in [-0.39, 0.29) is 6.17 Å². The Hall–Kier alpha value is -7.28. The zero-order valence-corrected chi connectivity index (χ0v) is 31.4. The summed E-state index contributed by atoms with van der Waals surface area (Å²) in [5.74, 6) is 1.51. The quantitative estimate of drug-likeness (QED) is 0.191. The Morgan fingerprint density at radius 1 is 0.509 bits per heavy atom. The molecule has 0 aliphatic carbocycles. The van der Waals surface area contributed by atoms with Gasteiger partial charge in [-0.05, 0) is 83.4 Å². The maximum Gasteiger partial charge on any atom is 0.159 e. The normalized spacial score (nSPS) is 14.5. The predicted molar refractivity (Wildman–Crippen MR) is 238 cm³/mol. The van der Waals surface area contributed by atoms with Crippen LogP contribution in [-0.2, 0) is 0 Å². The molecule has 268 valence electrons. The van der Waals surface area contributed by atoms with Crippen molar-refractivity contribution in [2.45, 2.75) is 6.17 Å². The van der Waals surface area contributed by atoms with Crippen LogP contribution >= 0.6 is 11.3 Å². The van der Waals surface area contributed by atoms with Crippen molar-refractivity contribution in [1.82, 2.24) is 9.88 Å². The van der Waals surface area contributed by atoms with E-state index in [1.807, 2.05) is 47.7 Å². The zero-order valence-electron chi connectivity index (χ0n) is 30.6. The molecule has 0 saturated carbocycles. The number of hydrogen-bond acceptors (Lipinski definition) is 5. The molecule has 1 atom stereocenters. The van der Waals surface area contributed by atoms with Crippen molar-refractivity contribution in [3.05, 3.63) is 199 Å². The molecular weight excluding hydrogens is 717 g/mol. The monoisotopic (exact) mass is 748 g/mol. The minimum Gasteiger partial charge on any atom is -0.456 e. The van der Waals surface area contributed by atoms with Crippen LogP contribution in [0.5, 0.6) is 0 Å². The van der Waals surface area contributed by atoms with Crippen LogP contribution in [0.3, 0.4) is 0 Å². The molecule has 11 aromatic rings. The molecule has 5 nitrogen and oxygen atoms in total. The van der Waals surface area contributed by atoms with Crippen LogP contribution in [0.25, 0.3) is 80.7 Å². The summed E-state index contributed by atoms with van der Waals surface area (Å²) >= 11 is 1.85. The summed E-state index contributed by atoms with van der Waals surface area (Å²) in [4.78, 5) is 10.2. The van der Waals surface area contributed by atoms with Crippen LogP contribution < -0.4 is 5.32 Å². The molecule has 0 bridgehead atoms. The highest BCUT2D eigenvalue weighted by molar-refractivity contribution is 7.26. The molecule has 3 aromatic heterocycles. The van der Waals surface area contributed by atoms with Crippen LogP contribution in [0.1, 0.15) is 22.9 Å². The zero-order chi connectivity index (χ0) is 37.5. The lowest BCUT2D eigenvalue weighted by Crippen LogP contribution is -2.33. The SMILES string of the molecule is c1ccc(C2=NC(c3ccc(-n4c5ccccc5c5ccc6sc7ccc(-c8ccc9oc%10ccccc%10c9c8)cc7c6c54)cc3)=NC(c3ccccc3)N2)cc1. The molecule has 0 fully saturated rings. The van der Waals surface area contributed by atoms with Gasteiger partial charge in [0, 0.05) is 58.5 Å². The predicted octanol–water partition coefficient (Wildman–Crippen LogP) is 13.2. The second kappa shape index (κ2) is 12.6. The van der Waals surface area contributed by atoms with E-state index < -0.39 is 0 Å². The fourth-order valence-corrected chi connectivity index (χ4v) is 9.65. The van der Waals surface area contributed by atoms with Gasteiger partial charge in [-0.2, -0.15) is 0 Å². The van der Waals surface area contributed by atoms with E-state index in [1.165, 1.54) is 53.1 Å². The van der Waals surface area contributed by atoms with Gasteiger partial charge in [0.15, 0.2) is 5.84 Å². The number of fused-ring (bicyclic) bond motifs is 10. The minimum absolute atomic E-state index is 0.253. The van der Waals surface area contributed by atoms with Gasteiger partial charge >= 0.3 is 0 Å². The van der Waals surface area contributed by atoms with E-state index in [2.05, 4.69) is 155 Å². The first-order valence-corrected chi connectivity index (χ1v) is 20.0. The Balaban J connectivity index is 1.02. The maximum atomic E-state index is 6.16. The molecule has 6 heteroatoms. The second-order valence-corrected chi connectivity index (χ2v) is 15.7. The Kier molecular flexibility index (Phi) is 7.09. The van der Waals surface area contributed by atoms with Gasteiger partial charge in [-0.3, -0.25) is 0 Å². The molecule has 0 spiro atoms. The molecule has 1 aliphatic rings. The summed E-state index contributed by atoms with van der Waals surface area (Å²) in [7, 11) is 0. The van der Waals surface area contributed by atoms with Crippen LogP contribution in [0.2, 0.25) is 0 Å². The first kappa shape index (κ1) is 32.0. The molecule has 1 N–H and O–H groups in total. The summed E-state index contributed by atoms with van der Waals surface area (Å²) in [5, 5.41) is 10.9. The first-order chi connectivity index (χ1) is 28.2. The van der Waals surface area contributed by atoms with Crippen molar-refractivity contribution >= 4 is 86.9 Å². The number of thiophene rings is 1. The molecule has 57 heavy (non-hydrogen) atoms. The van der Waals surface area contributed by atoms with Crippen molar-refractivity contribution in [3.8, 4) is 16.8 Å². The Labute approximate surface area is 331 Å². The van der Waals surface area contributed by atoms with Gasteiger partial charge in [0.05, 0.1) is 11.0 Å². The average Bonchev–Trinajstić information content (AvgIpc) is 3.96. The Bertz CT molecular complexity index is 3430. The molecule has 1 unspecified atom stereocenters. The fourth-order valence-electron chi connectivity index (χ4n) is 8.56. The Morgan fingerprint density at radius 3 is 2.02 bits per heavy atom. The van der Waals surface area contributed by atoms with Crippen LogP contribution in [0, 0.1) is 0 Å². The summed E-state index contributed by atoms with van der Waals surface area (Å²) in [6.07, 6.45) is -0.253. The fraction of sp³-hybridized carbons (Fsp3) is 0.0196. The molecule has 0 radical (unpaired) electrons. The number of nitrogens with one attached hydrogen (secondary N) is 1. The highest BCUT2D eigenvalue weighted by atomic mass is 32.1. The second-order valence-electron chi connectivity index (χ2n) is 14.6. The van der Waals surface area contributed by atoms with Crippen LogP contribution in [-0.4, -0.2) is 16.2 Å². The molecular formula is C51H32N4OS. The molecule has 0 saturated heterocycles. The van der Waals surface area contributed by atoms with E-state index in [1.54, 1.807) is 0 Å². The smallest absolute Gasteiger partial charge is 0.159 e. The lowest BCUT2D eigenvalue weighted by atomic mass is 10.00. The number of para-hydroxylation sites is 2. The molecule has 4 heterocycles. The highest BCUT2D eigenvalue weighted by Crippen LogP contribution is 2.44. The van der Waals surface area contributed by atoms with Gasteiger partial charge in [0.2, 0.25) is 0 Å². The lowest BCUT2D eigenvalue weighted by molar-refractivity contribution is 0.669. The van der Waals surface area contributed by atoms with Crippen molar-refractivity contribution in [2.24, 2.45) is 9.98 Å². The van der Waals surface area contributed by atoms with E-state index in [0.29, 0.717) is 5.84 Å². The van der Waals surface area contributed by atoms with E-state index >= 15 is 0 Å². The number of furan rings is 1. The summed E-state index contributed by atoms with van der Waals surface area (Å²) in [6.45, 7) is 0. The number of aliphatic imine (C=N–C) groups is 2. The summed E-state index contributed by atoms with van der Waals surface area (Å²) in [6, 6.07) is 64.5. The van der Waals surface area contributed by atoms with Gasteiger partial charge in [-0.1, -0.05) is 115 Å². The van der Waals surface area contributed by atoms with Gasteiger partial charge in [0.1, 0.15) is 23.2 Å². The molecule has 1 aliphatic heterocycles. The number of nitrogens with zero attached hydrogens (tertiary/aromatic N) is 3. The van der Waals surface area contributed by atoms with Crippen LogP contribution in [0.4, 0.5) is 0 Å². The Morgan fingerprint density at radius 2 is 1.18 bits per heavy atom. The number of rotatable bonds is 5. The lowest BCUT2D eigenvalue weighted by Gasteiger charge is -2.23. The van der Waals surface area contributed by atoms with E-state index in [0.717, 1.165) is 50.2 Å². The number of amidine groups is 2.